The van der Waals surface area contributed by atoms with Crippen molar-refractivity contribution in [2.24, 2.45) is 0 Å². The van der Waals surface area contributed by atoms with Crippen LogP contribution in [0.5, 0.6) is 0 Å². The van der Waals surface area contributed by atoms with E-state index in [1.54, 1.807) is 20.7 Å². The molecule has 0 aliphatic heterocycles. The van der Waals surface area contributed by atoms with Crippen molar-refractivity contribution in [1.82, 2.24) is 0 Å². The Balaban J connectivity index is -0.000000422. The van der Waals surface area contributed by atoms with Crippen molar-refractivity contribution in [2.45, 2.75) is 78.6 Å². The van der Waals surface area contributed by atoms with E-state index >= 15 is 0 Å². The van der Waals surface area contributed by atoms with Gasteiger partial charge < -0.3 is 24.8 Å². The van der Waals surface area contributed by atoms with Gasteiger partial charge in [-0.05, 0) is 0 Å². The summed E-state index contributed by atoms with van der Waals surface area (Å²) >= 11 is 0. The molecule has 0 unspecified atom stereocenters. The molecule has 0 nitrogen and oxygen atoms in total. The molecule has 0 spiro atoms. The Kier molecular flexibility index (Phi) is 14.7. The quantitative estimate of drug-likeness (QED) is 0.322. The van der Waals surface area contributed by atoms with Gasteiger partial charge in [0.25, 0.3) is 0 Å². The van der Waals surface area contributed by atoms with E-state index in [4.69, 9.17) is 0 Å². The van der Waals surface area contributed by atoms with Gasteiger partial charge in [-0.3, -0.25) is 0 Å². The topological polar surface area (TPSA) is 0 Å². The summed E-state index contributed by atoms with van der Waals surface area (Å²) in [5, 5.41) is 6.46. The van der Waals surface area contributed by atoms with Crippen molar-refractivity contribution < 1.29 is 51.0 Å². The van der Waals surface area contributed by atoms with Crippen LogP contribution in [-0.4, -0.2) is 32.3 Å². The second-order valence-electron chi connectivity index (χ2n) is 11.8. The summed E-state index contributed by atoms with van der Waals surface area (Å²) < 4.78 is 0. The van der Waals surface area contributed by atoms with Gasteiger partial charge in [0, 0.05) is 32.3 Å². The third-order valence-electron chi connectivity index (χ3n) is 4.97. The fraction of sp³-hybridized carbons (Fsp3) is 0.545. The summed E-state index contributed by atoms with van der Waals surface area (Å²) in [4.78, 5) is 0. The van der Waals surface area contributed by atoms with Crippen LogP contribution in [0.15, 0.2) is 36.4 Å². The van der Waals surface area contributed by atoms with Crippen LogP contribution >= 0.6 is 0 Å². The number of hydrogen-bond donors (Lipinski definition) is 0. The van der Waals surface area contributed by atoms with Gasteiger partial charge in [0.1, 0.15) is 0 Å². The van der Waals surface area contributed by atoms with Crippen LogP contribution in [-0.2, 0) is 26.2 Å². The molecule has 0 aromatic heterocycles. The average Bonchev–Trinajstić information content (AvgIpc) is 3.06. The fourth-order valence-corrected chi connectivity index (χ4v) is 7.73. The molecule has 2 aromatic rings. The molecule has 0 saturated heterocycles. The summed E-state index contributed by atoms with van der Waals surface area (Å²) in [5.74, 6) is 0. The van der Waals surface area contributed by atoms with Crippen molar-refractivity contribution in [2.75, 3.05) is 0 Å². The van der Waals surface area contributed by atoms with Gasteiger partial charge in [0.05, 0.1) is 0 Å². The maximum absolute atomic E-state index is 2.46. The smallest absolute Gasteiger partial charge is 1.00 e. The molecule has 7 heteroatoms. The minimum Gasteiger partial charge on any atom is -1.00 e. The molecule has 0 fully saturated rings. The third kappa shape index (κ3) is 11.5. The van der Waals surface area contributed by atoms with Crippen molar-refractivity contribution in [3.63, 3.8) is 0 Å². The molecule has 0 atom stereocenters. The first kappa shape index (κ1) is 34.6. The molecule has 29 heavy (non-hydrogen) atoms. The van der Waals surface area contributed by atoms with Crippen molar-refractivity contribution in [3.05, 3.63) is 36.4 Å². The number of rotatable bonds is 4. The van der Waals surface area contributed by atoms with Crippen LogP contribution in [0.2, 0.25) is 78.6 Å². The average molecular weight is 581 g/mol. The SMILES string of the molecule is C[Si](C)(C)c1cc[c-]([Si](C)(C)C)c1.C[Si](C)(C)c1cc[c-]([Si](C)(C)C)c1.[Cl-].[Cl-].[Zr+4]. The normalized spacial score (nSPS) is 12.0. The van der Waals surface area contributed by atoms with E-state index in [9.17, 15) is 0 Å². The van der Waals surface area contributed by atoms with Gasteiger partial charge in [-0.25, -0.2) is 22.5 Å². The Labute approximate surface area is 217 Å². The molecule has 164 valence electrons. The molecule has 0 radical (unpaired) electrons. The standard InChI is InChI=1S/2C11H21Si2.2ClH.Zr/c2*1-12(2,3)10-7-8-11(9-10)13(4,5)6;;;/h2*7-9H,1-6H3;2*1H;/q2*-1;;;+4/p-2. The van der Waals surface area contributed by atoms with Crippen LogP contribution in [0.1, 0.15) is 0 Å². The Morgan fingerprint density at radius 1 is 0.517 bits per heavy atom. The van der Waals surface area contributed by atoms with Gasteiger partial charge in [-0.15, -0.1) is 0 Å². The maximum atomic E-state index is 2.46. The second kappa shape index (κ2) is 12.3. The van der Waals surface area contributed by atoms with E-state index in [2.05, 4.69) is 115 Å². The molecular weight excluding hydrogens is 539 g/mol. The largest absolute Gasteiger partial charge is 4.00 e. The molecule has 0 aliphatic rings. The molecule has 0 aliphatic carbocycles. The van der Waals surface area contributed by atoms with Crippen LogP contribution in [0.4, 0.5) is 0 Å². The maximum Gasteiger partial charge on any atom is 4.00 e. The Morgan fingerprint density at radius 3 is 0.862 bits per heavy atom. The van der Waals surface area contributed by atoms with Crippen LogP contribution < -0.4 is 45.6 Å². The second-order valence-corrected chi connectivity index (χ2v) is 32.1. The van der Waals surface area contributed by atoms with E-state index in [0.29, 0.717) is 0 Å². The van der Waals surface area contributed by atoms with E-state index in [1.807, 2.05) is 0 Å². The van der Waals surface area contributed by atoms with E-state index < -0.39 is 32.3 Å². The molecule has 0 bridgehead atoms. The molecule has 0 N–H and O–H groups in total. The van der Waals surface area contributed by atoms with E-state index in [0.717, 1.165) is 0 Å². The van der Waals surface area contributed by atoms with E-state index in [1.165, 1.54) is 0 Å². The first-order valence-electron chi connectivity index (χ1n) is 9.98. The minimum absolute atomic E-state index is 0. The fourth-order valence-electron chi connectivity index (χ4n) is 2.75. The summed E-state index contributed by atoms with van der Waals surface area (Å²) in [5.41, 5.74) is 0. The Hall–Kier alpha value is 1.03. The monoisotopic (exact) mass is 578 g/mol. The summed E-state index contributed by atoms with van der Waals surface area (Å²) in [6.45, 7) is 29.0. The van der Waals surface area contributed by atoms with Crippen molar-refractivity contribution >= 4 is 53.0 Å². The summed E-state index contributed by atoms with van der Waals surface area (Å²) in [6.07, 6.45) is 0. The predicted octanol–water partition coefficient (Wildman–Crippen LogP) is -1.00. The van der Waals surface area contributed by atoms with Crippen LogP contribution in [0.3, 0.4) is 0 Å². The summed E-state index contributed by atoms with van der Waals surface area (Å²) in [6, 6.07) is 14.3. The first-order valence-corrected chi connectivity index (χ1v) is 24.0. The van der Waals surface area contributed by atoms with Crippen molar-refractivity contribution in [1.29, 1.82) is 0 Å². The minimum atomic E-state index is -1.07. The zero-order valence-electron chi connectivity index (χ0n) is 20.7. The number of halogens is 2. The van der Waals surface area contributed by atoms with Crippen LogP contribution in [0, 0.1) is 0 Å². The first-order chi connectivity index (χ1) is 11.4. The molecule has 0 heterocycles. The van der Waals surface area contributed by atoms with Gasteiger partial charge in [-0.1, -0.05) is 78.6 Å². The zero-order chi connectivity index (χ0) is 20.6. The third-order valence-corrected chi connectivity index (χ3v) is 13.1. The Morgan fingerprint density at radius 2 is 0.759 bits per heavy atom. The Bertz CT molecular complexity index is 589. The van der Waals surface area contributed by atoms with Crippen molar-refractivity contribution in [3.8, 4) is 0 Å². The van der Waals surface area contributed by atoms with Gasteiger partial charge in [-0.2, -0.15) is 34.6 Å². The van der Waals surface area contributed by atoms with Gasteiger partial charge in [0.2, 0.25) is 0 Å². The van der Waals surface area contributed by atoms with Gasteiger partial charge in [0.15, 0.2) is 0 Å². The zero-order valence-corrected chi connectivity index (χ0v) is 28.7. The molecule has 2 aromatic carbocycles. The van der Waals surface area contributed by atoms with Crippen LogP contribution in [0.25, 0.3) is 0 Å². The molecule has 2 rings (SSSR count). The summed E-state index contributed by atoms with van der Waals surface area (Å²) in [7, 11) is -4.28. The molecular formula is C22H42Cl2Si4Zr. The number of hydrogen-bond acceptors (Lipinski definition) is 0. The van der Waals surface area contributed by atoms with E-state index in [-0.39, 0.29) is 51.0 Å². The molecule has 0 saturated carbocycles. The molecule has 0 amide bonds. The predicted molar refractivity (Wildman–Crippen MR) is 136 cm³/mol. The van der Waals surface area contributed by atoms with Gasteiger partial charge >= 0.3 is 26.2 Å².